The number of carbonyl (C=O) groups is 1. The van der Waals surface area contributed by atoms with Crippen LogP contribution in [0, 0.1) is 6.92 Å². The maximum atomic E-state index is 10.2. The summed E-state index contributed by atoms with van der Waals surface area (Å²) in [4.78, 5) is 11.7. The lowest BCUT2D eigenvalue weighted by Crippen LogP contribution is -1.89. The van der Waals surface area contributed by atoms with Gasteiger partial charge in [-0.2, -0.15) is 0 Å². The first-order valence-electron chi connectivity index (χ1n) is 2.87. The highest BCUT2D eigenvalue weighted by Crippen LogP contribution is 2.13. The lowest BCUT2D eigenvalue weighted by molar-refractivity contribution is 0.0702. The predicted octanol–water partition coefficient (Wildman–Crippen LogP) is 2.61. The topological polar surface area (TPSA) is 37.3 Å². The minimum atomic E-state index is -0.840. The minimum absolute atomic E-state index is 0.410. The molecule has 0 aliphatic rings. The van der Waals surface area contributed by atoms with E-state index in [9.17, 15) is 4.79 Å². The van der Waals surface area contributed by atoms with Crippen molar-refractivity contribution >= 4 is 28.9 Å². The van der Waals surface area contributed by atoms with Crippen LogP contribution >= 0.6 is 22.9 Å². The summed E-state index contributed by atoms with van der Waals surface area (Å²) in [6, 6.07) is 3.41. The summed E-state index contributed by atoms with van der Waals surface area (Å²) in [6.07, 6.45) is 1.47. The van der Waals surface area contributed by atoms with E-state index >= 15 is 0 Å². The molecular formula is C7H9ClO2S. The van der Waals surface area contributed by atoms with Crippen LogP contribution in [0.15, 0.2) is 12.1 Å². The van der Waals surface area contributed by atoms with E-state index in [1.165, 1.54) is 17.7 Å². The van der Waals surface area contributed by atoms with Gasteiger partial charge >= 0.3 is 5.97 Å². The van der Waals surface area contributed by atoms with Crippen molar-refractivity contribution in [2.24, 2.45) is 0 Å². The van der Waals surface area contributed by atoms with E-state index in [1.807, 2.05) is 6.92 Å². The van der Waals surface area contributed by atoms with Crippen LogP contribution in [-0.2, 0) is 0 Å². The number of aryl methyl sites for hydroxylation is 1. The molecule has 0 aliphatic carbocycles. The van der Waals surface area contributed by atoms with Gasteiger partial charge in [-0.1, -0.05) is 0 Å². The molecule has 1 N–H and O–H groups in total. The largest absolute Gasteiger partial charge is 0.477 e. The number of aromatic carboxylic acids is 1. The molecule has 1 rings (SSSR count). The van der Waals surface area contributed by atoms with Crippen molar-refractivity contribution in [3.8, 4) is 0 Å². The molecule has 11 heavy (non-hydrogen) atoms. The van der Waals surface area contributed by atoms with Crippen LogP contribution in [0.2, 0.25) is 0 Å². The third-order valence-corrected chi connectivity index (χ3v) is 1.94. The third-order valence-electron chi connectivity index (χ3n) is 0.951. The first kappa shape index (κ1) is 10.5. The molecule has 0 saturated heterocycles. The molecule has 0 spiro atoms. The first-order valence-corrected chi connectivity index (χ1v) is 4.45. The molecule has 0 amide bonds. The molecule has 0 fully saturated rings. The van der Waals surface area contributed by atoms with Crippen LogP contribution in [0.1, 0.15) is 14.5 Å². The molecule has 0 aliphatic heterocycles. The van der Waals surface area contributed by atoms with Crippen LogP contribution in [0.3, 0.4) is 0 Å². The van der Waals surface area contributed by atoms with Crippen LogP contribution in [0.4, 0.5) is 0 Å². The smallest absolute Gasteiger partial charge is 0.345 e. The van der Waals surface area contributed by atoms with Crippen molar-refractivity contribution in [2.45, 2.75) is 6.92 Å². The van der Waals surface area contributed by atoms with Crippen molar-refractivity contribution in [3.63, 3.8) is 0 Å². The quantitative estimate of drug-likeness (QED) is 0.695. The SMILES string of the molecule is CCl.Cc1ccc(C(=O)O)s1. The summed E-state index contributed by atoms with van der Waals surface area (Å²) in [7, 11) is 0. The molecule has 0 radical (unpaired) electrons. The number of carboxylic acids is 1. The highest BCUT2D eigenvalue weighted by atomic mass is 35.5. The lowest BCUT2D eigenvalue weighted by Gasteiger charge is -1.80. The standard InChI is InChI=1S/C6H6O2S.CH3Cl/c1-4-2-3-5(9-4)6(7)8;1-2/h2-3H,1H3,(H,7,8);1H3. The Morgan fingerprint density at radius 2 is 2.09 bits per heavy atom. The molecule has 0 bridgehead atoms. The van der Waals surface area contributed by atoms with Crippen molar-refractivity contribution in [2.75, 3.05) is 6.38 Å². The molecule has 4 heteroatoms. The fraction of sp³-hybridized carbons (Fsp3) is 0.286. The number of halogens is 1. The number of thiophene rings is 1. The van der Waals surface area contributed by atoms with Gasteiger partial charge in [-0.3, -0.25) is 0 Å². The Morgan fingerprint density at radius 3 is 2.27 bits per heavy atom. The van der Waals surface area contributed by atoms with E-state index in [1.54, 1.807) is 12.1 Å². The molecule has 0 atom stereocenters. The van der Waals surface area contributed by atoms with Gasteiger partial charge in [0.15, 0.2) is 0 Å². The Balaban J connectivity index is 0.000000461. The second-order valence-corrected chi connectivity index (χ2v) is 3.00. The Labute approximate surface area is 74.4 Å². The van der Waals surface area contributed by atoms with Crippen molar-refractivity contribution in [3.05, 3.63) is 21.9 Å². The molecule has 2 nitrogen and oxygen atoms in total. The predicted molar refractivity (Wildman–Crippen MR) is 47.8 cm³/mol. The van der Waals surface area contributed by atoms with Gasteiger partial charge in [-0.05, 0) is 19.1 Å². The summed E-state index contributed by atoms with van der Waals surface area (Å²) in [5.74, 6) is -0.840. The summed E-state index contributed by atoms with van der Waals surface area (Å²) < 4.78 is 0. The number of alkyl halides is 1. The highest BCUT2D eigenvalue weighted by Gasteiger charge is 2.02. The minimum Gasteiger partial charge on any atom is -0.477 e. The number of carboxylic acid groups (broad SMARTS) is 1. The highest BCUT2D eigenvalue weighted by molar-refractivity contribution is 7.13. The Hall–Kier alpha value is -0.540. The molecule has 0 aromatic carbocycles. The molecule has 1 heterocycles. The van der Waals surface area contributed by atoms with Crippen LogP contribution in [0.25, 0.3) is 0 Å². The van der Waals surface area contributed by atoms with Gasteiger partial charge in [-0.15, -0.1) is 22.9 Å². The van der Waals surface area contributed by atoms with Gasteiger partial charge in [0.1, 0.15) is 4.88 Å². The molecule has 62 valence electrons. The summed E-state index contributed by atoms with van der Waals surface area (Å²) in [5.41, 5.74) is 0. The van der Waals surface area contributed by atoms with Crippen molar-refractivity contribution < 1.29 is 9.90 Å². The zero-order valence-electron chi connectivity index (χ0n) is 6.30. The van der Waals surface area contributed by atoms with Gasteiger partial charge in [0, 0.05) is 11.3 Å². The van der Waals surface area contributed by atoms with Crippen LogP contribution < -0.4 is 0 Å². The zero-order valence-corrected chi connectivity index (χ0v) is 7.87. The van der Waals surface area contributed by atoms with E-state index in [-0.39, 0.29) is 0 Å². The fourth-order valence-electron chi connectivity index (χ4n) is 0.549. The van der Waals surface area contributed by atoms with E-state index in [0.717, 1.165) is 4.88 Å². The Bertz CT molecular complexity index is 232. The number of hydrogen-bond donors (Lipinski definition) is 1. The first-order chi connectivity index (χ1) is 5.20. The van der Waals surface area contributed by atoms with E-state index in [2.05, 4.69) is 11.6 Å². The maximum absolute atomic E-state index is 10.2. The number of hydrogen-bond acceptors (Lipinski definition) is 2. The van der Waals surface area contributed by atoms with Crippen LogP contribution in [0.5, 0.6) is 0 Å². The van der Waals surface area contributed by atoms with Gasteiger partial charge in [0.25, 0.3) is 0 Å². The average molecular weight is 193 g/mol. The summed E-state index contributed by atoms with van der Waals surface area (Å²) in [5, 5.41) is 8.41. The molecule has 0 saturated carbocycles. The number of rotatable bonds is 1. The molecule has 1 aromatic heterocycles. The normalized spacial score (nSPS) is 8.27. The van der Waals surface area contributed by atoms with Gasteiger partial charge < -0.3 is 5.11 Å². The van der Waals surface area contributed by atoms with Crippen molar-refractivity contribution in [1.29, 1.82) is 0 Å². The zero-order chi connectivity index (χ0) is 8.85. The molecule has 0 unspecified atom stereocenters. The van der Waals surface area contributed by atoms with E-state index < -0.39 is 5.97 Å². The summed E-state index contributed by atoms with van der Waals surface area (Å²) >= 11 is 5.94. The third kappa shape index (κ3) is 3.39. The van der Waals surface area contributed by atoms with Crippen molar-refractivity contribution in [1.82, 2.24) is 0 Å². The lowest BCUT2D eigenvalue weighted by atomic mass is 10.4. The maximum Gasteiger partial charge on any atom is 0.345 e. The van der Waals surface area contributed by atoms with Gasteiger partial charge in [-0.25, -0.2) is 4.79 Å². The fourth-order valence-corrected chi connectivity index (χ4v) is 1.26. The van der Waals surface area contributed by atoms with E-state index in [0.29, 0.717) is 4.88 Å². The molecule has 1 aromatic rings. The van der Waals surface area contributed by atoms with Crippen LogP contribution in [-0.4, -0.2) is 17.5 Å². The monoisotopic (exact) mass is 192 g/mol. The Morgan fingerprint density at radius 1 is 1.55 bits per heavy atom. The second-order valence-electron chi connectivity index (χ2n) is 1.72. The summed E-state index contributed by atoms with van der Waals surface area (Å²) in [6.45, 7) is 1.89. The Kier molecular flexibility index (Phi) is 4.90. The van der Waals surface area contributed by atoms with Gasteiger partial charge in [0.2, 0.25) is 0 Å². The second kappa shape index (κ2) is 5.16. The molecular weight excluding hydrogens is 184 g/mol. The van der Waals surface area contributed by atoms with E-state index in [4.69, 9.17) is 5.11 Å². The van der Waals surface area contributed by atoms with Gasteiger partial charge in [0.05, 0.1) is 0 Å². The average Bonchev–Trinajstić information content (AvgIpc) is 2.40.